The molecule has 1 aliphatic heterocycles. The molecule has 1 saturated heterocycles. The van der Waals surface area contributed by atoms with Gasteiger partial charge in [0, 0.05) is 18.1 Å². The summed E-state index contributed by atoms with van der Waals surface area (Å²) in [4.78, 5) is 12.6. The van der Waals surface area contributed by atoms with Crippen molar-refractivity contribution < 1.29 is 9.53 Å². The highest BCUT2D eigenvalue weighted by molar-refractivity contribution is 5.98. The van der Waals surface area contributed by atoms with Crippen molar-refractivity contribution in [3.63, 3.8) is 0 Å². The van der Waals surface area contributed by atoms with Gasteiger partial charge in [-0.25, -0.2) is 0 Å². The Labute approximate surface area is 115 Å². The van der Waals surface area contributed by atoms with E-state index in [9.17, 15) is 4.79 Å². The number of aryl methyl sites for hydroxylation is 1. The highest BCUT2D eigenvalue weighted by Gasteiger charge is 2.41. The fraction of sp³-hybridized carbons (Fsp3) is 0.588. The Bertz CT molecular complexity index is 455. The zero-order chi connectivity index (χ0) is 13.3. The van der Waals surface area contributed by atoms with E-state index in [1.54, 1.807) is 0 Å². The standard InChI is InChI=1S/C17H22O2/c1-13-4-6-14(7-5-13)16(18)15-8-11-19-17(12-15)9-2-3-10-17/h4-7,15H,2-3,8-12H2,1H3. The molecule has 2 nitrogen and oxygen atoms in total. The van der Waals surface area contributed by atoms with E-state index in [0.717, 1.165) is 37.9 Å². The topological polar surface area (TPSA) is 26.3 Å². The Morgan fingerprint density at radius 2 is 1.89 bits per heavy atom. The summed E-state index contributed by atoms with van der Waals surface area (Å²) >= 11 is 0. The van der Waals surface area contributed by atoms with Gasteiger partial charge in [-0.1, -0.05) is 42.7 Å². The molecule has 1 heterocycles. The molecule has 2 fully saturated rings. The van der Waals surface area contributed by atoms with E-state index >= 15 is 0 Å². The number of hydrogen-bond donors (Lipinski definition) is 0. The van der Waals surface area contributed by atoms with Gasteiger partial charge in [0.25, 0.3) is 0 Å². The highest BCUT2D eigenvalue weighted by Crippen LogP contribution is 2.42. The number of carbonyl (C=O) groups is 1. The molecular formula is C17H22O2. The minimum Gasteiger partial charge on any atom is -0.375 e. The molecule has 2 heteroatoms. The maximum atomic E-state index is 12.6. The fourth-order valence-corrected chi connectivity index (χ4v) is 3.57. The van der Waals surface area contributed by atoms with Gasteiger partial charge in [-0.3, -0.25) is 4.79 Å². The second-order valence-corrected chi connectivity index (χ2v) is 6.16. The lowest BCUT2D eigenvalue weighted by Crippen LogP contribution is -2.39. The van der Waals surface area contributed by atoms with Crippen molar-refractivity contribution in [1.82, 2.24) is 0 Å². The van der Waals surface area contributed by atoms with Crippen molar-refractivity contribution in [1.29, 1.82) is 0 Å². The third-order valence-electron chi connectivity index (χ3n) is 4.71. The van der Waals surface area contributed by atoms with Gasteiger partial charge < -0.3 is 4.74 Å². The maximum Gasteiger partial charge on any atom is 0.166 e. The van der Waals surface area contributed by atoms with Crippen LogP contribution in [0, 0.1) is 12.8 Å². The van der Waals surface area contributed by atoms with Crippen LogP contribution in [-0.2, 0) is 4.74 Å². The minimum absolute atomic E-state index is 0.0310. The number of ether oxygens (including phenoxy) is 1. The van der Waals surface area contributed by atoms with Crippen LogP contribution in [0.1, 0.15) is 54.4 Å². The van der Waals surface area contributed by atoms with E-state index in [2.05, 4.69) is 6.92 Å². The highest BCUT2D eigenvalue weighted by atomic mass is 16.5. The van der Waals surface area contributed by atoms with E-state index in [-0.39, 0.29) is 11.5 Å². The van der Waals surface area contributed by atoms with E-state index in [0.29, 0.717) is 5.78 Å². The molecule has 0 N–H and O–H groups in total. The fourth-order valence-electron chi connectivity index (χ4n) is 3.57. The third-order valence-corrected chi connectivity index (χ3v) is 4.71. The minimum atomic E-state index is 0.0310. The monoisotopic (exact) mass is 258 g/mol. The molecule has 0 bridgehead atoms. The Hall–Kier alpha value is -1.15. The molecule has 0 radical (unpaired) electrons. The lowest BCUT2D eigenvalue weighted by atomic mass is 9.80. The van der Waals surface area contributed by atoms with Crippen LogP contribution in [0.3, 0.4) is 0 Å². The number of benzene rings is 1. The normalized spacial score (nSPS) is 25.6. The van der Waals surface area contributed by atoms with Gasteiger partial charge in [0.1, 0.15) is 0 Å². The summed E-state index contributed by atoms with van der Waals surface area (Å²) in [5, 5.41) is 0. The van der Waals surface area contributed by atoms with Crippen LogP contribution in [-0.4, -0.2) is 18.0 Å². The zero-order valence-corrected chi connectivity index (χ0v) is 11.7. The average Bonchev–Trinajstić information content (AvgIpc) is 2.87. The number of rotatable bonds is 2. The zero-order valence-electron chi connectivity index (χ0n) is 11.7. The number of ketones is 1. The van der Waals surface area contributed by atoms with Crippen molar-refractivity contribution in [3.8, 4) is 0 Å². The SMILES string of the molecule is Cc1ccc(C(=O)C2CCOC3(CCCC3)C2)cc1. The molecule has 1 aromatic rings. The van der Waals surface area contributed by atoms with Crippen LogP contribution >= 0.6 is 0 Å². The summed E-state index contributed by atoms with van der Waals surface area (Å²) < 4.78 is 6.01. The lowest BCUT2D eigenvalue weighted by Gasteiger charge is -2.37. The molecule has 1 atom stereocenters. The second-order valence-electron chi connectivity index (χ2n) is 6.16. The molecule has 1 aromatic carbocycles. The summed E-state index contributed by atoms with van der Waals surface area (Å²) in [6.45, 7) is 2.80. The molecule has 0 amide bonds. The van der Waals surface area contributed by atoms with Crippen molar-refractivity contribution in [3.05, 3.63) is 35.4 Å². The molecule has 1 spiro atoms. The van der Waals surface area contributed by atoms with Crippen molar-refractivity contribution in [2.24, 2.45) is 5.92 Å². The first-order chi connectivity index (χ1) is 9.19. The molecule has 102 valence electrons. The Balaban J connectivity index is 1.74. The van der Waals surface area contributed by atoms with Crippen LogP contribution in [0.2, 0.25) is 0 Å². The van der Waals surface area contributed by atoms with E-state index < -0.39 is 0 Å². The van der Waals surface area contributed by atoms with Crippen molar-refractivity contribution in [2.75, 3.05) is 6.61 Å². The predicted octanol–water partition coefficient (Wildman–Crippen LogP) is 3.92. The molecule has 1 saturated carbocycles. The van der Waals surface area contributed by atoms with Gasteiger partial charge in [0.05, 0.1) is 5.60 Å². The first-order valence-corrected chi connectivity index (χ1v) is 7.43. The van der Waals surface area contributed by atoms with Crippen LogP contribution in [0.5, 0.6) is 0 Å². The van der Waals surface area contributed by atoms with Gasteiger partial charge >= 0.3 is 0 Å². The Morgan fingerprint density at radius 1 is 1.21 bits per heavy atom. The lowest BCUT2D eigenvalue weighted by molar-refractivity contribution is -0.0866. The predicted molar refractivity (Wildman–Crippen MR) is 75.4 cm³/mol. The molecule has 0 aromatic heterocycles. The quantitative estimate of drug-likeness (QED) is 0.752. The van der Waals surface area contributed by atoms with Crippen LogP contribution in [0.4, 0.5) is 0 Å². The smallest absolute Gasteiger partial charge is 0.166 e. The molecule has 1 unspecified atom stereocenters. The summed E-state index contributed by atoms with van der Waals surface area (Å²) in [7, 11) is 0. The number of Topliss-reactive ketones (excluding diaryl/α,β-unsaturated/α-hetero) is 1. The Kier molecular flexibility index (Phi) is 3.44. The average molecular weight is 258 g/mol. The summed E-state index contributed by atoms with van der Waals surface area (Å²) in [6, 6.07) is 7.98. The van der Waals surface area contributed by atoms with Gasteiger partial charge in [0.15, 0.2) is 5.78 Å². The number of hydrogen-bond acceptors (Lipinski definition) is 2. The molecular weight excluding hydrogens is 236 g/mol. The summed E-state index contributed by atoms with van der Waals surface area (Å²) in [5.41, 5.74) is 2.10. The van der Waals surface area contributed by atoms with E-state index in [1.165, 1.54) is 18.4 Å². The second kappa shape index (κ2) is 5.09. The molecule has 3 rings (SSSR count). The van der Waals surface area contributed by atoms with Gasteiger partial charge in [-0.15, -0.1) is 0 Å². The van der Waals surface area contributed by atoms with Crippen molar-refractivity contribution >= 4 is 5.78 Å². The van der Waals surface area contributed by atoms with Gasteiger partial charge in [-0.05, 0) is 32.6 Å². The maximum absolute atomic E-state index is 12.6. The van der Waals surface area contributed by atoms with Gasteiger partial charge in [-0.2, -0.15) is 0 Å². The largest absolute Gasteiger partial charge is 0.375 e. The van der Waals surface area contributed by atoms with E-state index in [4.69, 9.17) is 4.74 Å². The van der Waals surface area contributed by atoms with Crippen molar-refractivity contribution in [2.45, 2.75) is 51.0 Å². The van der Waals surface area contributed by atoms with Crippen LogP contribution < -0.4 is 0 Å². The Morgan fingerprint density at radius 3 is 2.58 bits per heavy atom. The molecule has 19 heavy (non-hydrogen) atoms. The molecule has 1 aliphatic carbocycles. The first-order valence-electron chi connectivity index (χ1n) is 7.43. The number of carbonyl (C=O) groups excluding carboxylic acids is 1. The first kappa shape index (κ1) is 12.9. The molecule has 2 aliphatic rings. The van der Waals surface area contributed by atoms with Crippen LogP contribution in [0.25, 0.3) is 0 Å². The summed E-state index contributed by atoms with van der Waals surface area (Å²) in [6.07, 6.45) is 6.61. The van der Waals surface area contributed by atoms with Crippen LogP contribution in [0.15, 0.2) is 24.3 Å². The third kappa shape index (κ3) is 2.59. The summed E-state index contributed by atoms with van der Waals surface area (Å²) in [5.74, 6) is 0.476. The van der Waals surface area contributed by atoms with Gasteiger partial charge in [0.2, 0.25) is 0 Å². The van der Waals surface area contributed by atoms with E-state index in [1.807, 2.05) is 24.3 Å².